The lowest BCUT2D eigenvalue weighted by atomic mass is 9.45. The molecule has 6 atom stereocenters. The lowest BCUT2D eigenvalue weighted by Gasteiger charge is -2.61. The second kappa shape index (κ2) is 11.2. The molecule has 43 heavy (non-hydrogen) atoms. The minimum Gasteiger partial charge on any atom is -0.483 e. The fourth-order valence-corrected chi connectivity index (χ4v) is 7.53. The van der Waals surface area contributed by atoms with E-state index in [-0.39, 0.29) is 24.0 Å². The Morgan fingerprint density at radius 3 is 2.53 bits per heavy atom. The number of nitrogens with one attached hydrogen (secondary N) is 2. The summed E-state index contributed by atoms with van der Waals surface area (Å²) in [5, 5.41) is 7.69. The van der Waals surface area contributed by atoms with Gasteiger partial charge < -0.3 is 20.3 Å². The van der Waals surface area contributed by atoms with Crippen LogP contribution >= 0.6 is 0 Å². The van der Waals surface area contributed by atoms with Crippen molar-refractivity contribution < 1.29 is 13.5 Å². The molecule has 7 rings (SSSR count). The number of aliphatic imine (C=N–C) groups is 1. The molecular formula is C33H42F2N6O2. The summed E-state index contributed by atoms with van der Waals surface area (Å²) in [6.07, 6.45) is 2.40. The van der Waals surface area contributed by atoms with Crippen LogP contribution in [0.3, 0.4) is 0 Å². The average Bonchev–Trinajstić information content (AvgIpc) is 2.94. The molecule has 8 nitrogen and oxygen atoms in total. The summed E-state index contributed by atoms with van der Waals surface area (Å²) in [4.78, 5) is 25.6. The van der Waals surface area contributed by atoms with Crippen LogP contribution in [0.4, 0.5) is 14.5 Å². The van der Waals surface area contributed by atoms with Crippen LogP contribution in [0.25, 0.3) is 10.9 Å². The van der Waals surface area contributed by atoms with Crippen LogP contribution in [0.2, 0.25) is 0 Å². The quantitative estimate of drug-likeness (QED) is 0.309. The molecule has 0 amide bonds. The number of hydrogen-bond donors (Lipinski definition) is 2. The Bertz CT molecular complexity index is 1610. The van der Waals surface area contributed by atoms with Crippen LogP contribution in [-0.4, -0.2) is 51.6 Å². The first-order valence-corrected chi connectivity index (χ1v) is 15.3. The largest absolute Gasteiger partial charge is 0.483 e. The minimum absolute atomic E-state index is 0.107. The Kier molecular flexibility index (Phi) is 7.69. The highest BCUT2D eigenvalue weighted by Crippen LogP contribution is 2.61. The maximum atomic E-state index is 14.1. The van der Waals surface area contributed by atoms with E-state index in [1.165, 1.54) is 17.1 Å². The Balaban J connectivity index is 1.30. The van der Waals surface area contributed by atoms with E-state index >= 15 is 0 Å². The Labute approximate surface area is 251 Å². The van der Waals surface area contributed by atoms with Gasteiger partial charge in [0, 0.05) is 44.0 Å². The SMILES string of the molecule is CC1CN(C(=NC2CC3CC(C2C)C3(C)C)Nc2ccc3c(=O)n(C)c(COc4ccc(F)cc4F)nc3c2)CC(C)N1. The number of aromatic nitrogens is 2. The molecule has 4 aliphatic rings. The lowest BCUT2D eigenvalue weighted by Crippen LogP contribution is -2.59. The number of rotatable bonds is 5. The van der Waals surface area contributed by atoms with Gasteiger partial charge in [-0.2, -0.15) is 0 Å². The van der Waals surface area contributed by atoms with Gasteiger partial charge >= 0.3 is 0 Å². The van der Waals surface area contributed by atoms with Crippen molar-refractivity contribution >= 4 is 22.5 Å². The van der Waals surface area contributed by atoms with E-state index < -0.39 is 11.6 Å². The van der Waals surface area contributed by atoms with Gasteiger partial charge in [-0.15, -0.1) is 0 Å². The first-order valence-electron chi connectivity index (χ1n) is 15.3. The van der Waals surface area contributed by atoms with Gasteiger partial charge in [0.2, 0.25) is 0 Å². The Hall–Kier alpha value is -3.53. The van der Waals surface area contributed by atoms with Crippen LogP contribution in [0.1, 0.15) is 53.3 Å². The van der Waals surface area contributed by atoms with Crippen LogP contribution in [0, 0.1) is 34.8 Å². The van der Waals surface area contributed by atoms with Gasteiger partial charge in [-0.05, 0) is 80.2 Å². The van der Waals surface area contributed by atoms with E-state index in [9.17, 15) is 13.6 Å². The lowest BCUT2D eigenvalue weighted by molar-refractivity contribution is -0.108. The third-order valence-corrected chi connectivity index (χ3v) is 10.1. The molecule has 1 saturated heterocycles. The van der Waals surface area contributed by atoms with Crippen molar-refractivity contribution in [3.63, 3.8) is 0 Å². The number of anilines is 1. The van der Waals surface area contributed by atoms with E-state index in [1.807, 2.05) is 12.1 Å². The van der Waals surface area contributed by atoms with E-state index in [2.05, 4.69) is 50.2 Å². The van der Waals surface area contributed by atoms with Crippen LogP contribution in [0.15, 0.2) is 46.2 Å². The van der Waals surface area contributed by atoms with E-state index in [1.54, 1.807) is 13.1 Å². The molecule has 2 N–H and O–H groups in total. The molecule has 230 valence electrons. The number of fused-ring (bicyclic) bond motifs is 3. The zero-order valence-corrected chi connectivity index (χ0v) is 25.8. The number of ether oxygens (including phenoxy) is 1. The van der Waals surface area contributed by atoms with Crippen molar-refractivity contribution in [3.05, 3.63) is 64.2 Å². The number of guanidine groups is 1. The first-order chi connectivity index (χ1) is 20.4. The van der Waals surface area contributed by atoms with Crippen LogP contribution < -0.4 is 20.9 Å². The molecule has 0 radical (unpaired) electrons. The Morgan fingerprint density at radius 1 is 1.12 bits per heavy atom. The monoisotopic (exact) mass is 592 g/mol. The molecular weight excluding hydrogens is 550 g/mol. The summed E-state index contributed by atoms with van der Waals surface area (Å²) in [5.41, 5.74) is 1.45. The maximum absolute atomic E-state index is 14.1. The summed E-state index contributed by atoms with van der Waals surface area (Å²) in [6, 6.07) is 9.53. The van der Waals surface area contributed by atoms with Crippen LogP contribution in [-0.2, 0) is 13.7 Å². The first kappa shape index (κ1) is 29.5. The third-order valence-electron chi connectivity index (χ3n) is 10.1. The second-order valence-corrected chi connectivity index (χ2v) is 13.5. The van der Waals surface area contributed by atoms with Crippen molar-refractivity contribution in [1.29, 1.82) is 0 Å². The standard InChI is InChI=1S/C33H42F2N6O2/c1-18-15-41(16-19(2)36-18)32(39-27-12-21-11-25(20(27)3)33(21,4)5)37-23-8-9-24-28(14-23)38-30(40(6)31(24)42)17-43-29-10-7-22(34)13-26(29)35/h7-10,13-14,18-21,25,27,36H,11-12,15-17H2,1-6H3,(H,37,39). The van der Waals surface area contributed by atoms with Crippen molar-refractivity contribution in [2.24, 2.45) is 35.2 Å². The highest BCUT2D eigenvalue weighted by molar-refractivity contribution is 5.96. The number of piperazine rings is 1. The smallest absolute Gasteiger partial charge is 0.261 e. The van der Waals surface area contributed by atoms with Crippen LogP contribution in [0.5, 0.6) is 5.75 Å². The summed E-state index contributed by atoms with van der Waals surface area (Å²) in [7, 11) is 1.61. The Morgan fingerprint density at radius 2 is 1.86 bits per heavy atom. The summed E-state index contributed by atoms with van der Waals surface area (Å²) in [6.45, 7) is 13.1. The van der Waals surface area contributed by atoms with Gasteiger partial charge in [0.15, 0.2) is 17.5 Å². The van der Waals surface area contributed by atoms with Crippen molar-refractivity contribution in [2.45, 2.75) is 72.2 Å². The van der Waals surface area contributed by atoms with E-state index in [0.717, 1.165) is 43.3 Å². The van der Waals surface area contributed by atoms with Gasteiger partial charge in [-0.25, -0.2) is 18.8 Å². The van der Waals surface area contributed by atoms with Gasteiger partial charge in [-0.1, -0.05) is 20.8 Å². The fourth-order valence-electron chi connectivity index (χ4n) is 7.53. The molecule has 3 saturated carbocycles. The number of hydrogen-bond acceptors (Lipinski definition) is 5. The molecule has 2 aromatic carbocycles. The highest BCUT2D eigenvalue weighted by Gasteiger charge is 2.56. The zero-order valence-electron chi connectivity index (χ0n) is 25.8. The third kappa shape index (κ3) is 5.61. The van der Waals surface area contributed by atoms with Gasteiger partial charge in [0.1, 0.15) is 18.2 Å². The number of halogens is 2. The second-order valence-electron chi connectivity index (χ2n) is 13.5. The molecule has 2 heterocycles. The summed E-state index contributed by atoms with van der Waals surface area (Å²) < 4.78 is 34.4. The normalized spacial score (nSPS) is 28.5. The van der Waals surface area contributed by atoms with Gasteiger partial charge in [0.05, 0.1) is 16.9 Å². The topological polar surface area (TPSA) is 83.8 Å². The molecule has 2 bridgehead atoms. The fraction of sp³-hybridized carbons (Fsp3) is 0.545. The van der Waals surface area contributed by atoms with Crippen molar-refractivity contribution in [3.8, 4) is 5.75 Å². The molecule has 3 aliphatic carbocycles. The molecule has 4 fully saturated rings. The van der Waals surface area contributed by atoms with Crippen molar-refractivity contribution in [2.75, 3.05) is 18.4 Å². The predicted molar refractivity (Wildman–Crippen MR) is 165 cm³/mol. The minimum atomic E-state index is -0.811. The molecule has 1 aromatic heterocycles. The van der Waals surface area contributed by atoms with Gasteiger partial charge in [-0.3, -0.25) is 9.36 Å². The molecule has 3 aromatic rings. The number of nitrogens with zero attached hydrogens (tertiary/aromatic N) is 4. The van der Waals surface area contributed by atoms with E-state index in [0.29, 0.717) is 52.0 Å². The van der Waals surface area contributed by atoms with Crippen molar-refractivity contribution in [1.82, 2.24) is 19.8 Å². The average molecular weight is 593 g/mol. The molecule has 1 aliphatic heterocycles. The van der Waals surface area contributed by atoms with Gasteiger partial charge in [0.25, 0.3) is 5.56 Å². The molecule has 6 unspecified atom stereocenters. The summed E-state index contributed by atoms with van der Waals surface area (Å²) >= 11 is 0. The number of benzene rings is 2. The molecule has 0 spiro atoms. The highest BCUT2D eigenvalue weighted by atomic mass is 19.1. The summed E-state index contributed by atoms with van der Waals surface area (Å²) in [5.74, 6) is 1.47. The maximum Gasteiger partial charge on any atom is 0.261 e. The predicted octanol–water partition coefficient (Wildman–Crippen LogP) is 5.31. The van der Waals surface area contributed by atoms with E-state index in [4.69, 9.17) is 14.7 Å². The molecule has 10 heteroatoms. The zero-order chi connectivity index (χ0) is 30.6.